The Morgan fingerprint density at radius 2 is 2.16 bits per heavy atom. The Morgan fingerprint density at radius 1 is 1.37 bits per heavy atom. The molecule has 1 heterocycles. The van der Waals surface area contributed by atoms with Crippen molar-refractivity contribution in [3.63, 3.8) is 0 Å². The summed E-state index contributed by atoms with van der Waals surface area (Å²) in [5.74, 6) is 0.0516. The Morgan fingerprint density at radius 3 is 2.84 bits per heavy atom. The van der Waals surface area contributed by atoms with Crippen LogP contribution in [0.2, 0.25) is 5.02 Å². The Balaban J connectivity index is 1.72. The van der Waals surface area contributed by atoms with Gasteiger partial charge in [0.25, 0.3) is 5.91 Å². The predicted octanol–water partition coefficient (Wildman–Crippen LogP) is 2.08. The van der Waals surface area contributed by atoms with E-state index >= 15 is 0 Å². The van der Waals surface area contributed by atoms with E-state index in [0.29, 0.717) is 30.1 Å². The molecule has 0 bridgehead atoms. The molecule has 1 saturated heterocycles. The highest BCUT2D eigenvalue weighted by atomic mass is 35.5. The van der Waals surface area contributed by atoms with Gasteiger partial charge in [0.05, 0.1) is 10.6 Å². The number of carbonyl (C=O) groups is 2. The molecular weight excluding hydrogens is 264 g/mol. The maximum Gasteiger partial charge on any atom is 0.252 e. The molecule has 0 spiro atoms. The van der Waals surface area contributed by atoms with Crippen molar-refractivity contribution in [3.05, 3.63) is 34.9 Å². The van der Waals surface area contributed by atoms with Crippen LogP contribution < -0.4 is 5.32 Å². The van der Waals surface area contributed by atoms with E-state index in [1.807, 2.05) is 4.90 Å². The van der Waals surface area contributed by atoms with Crippen LogP contribution in [0.4, 0.5) is 0 Å². The molecule has 0 atom stereocenters. The van der Waals surface area contributed by atoms with Crippen molar-refractivity contribution in [2.24, 2.45) is 0 Å². The number of hydrogen-bond acceptors (Lipinski definition) is 2. The fourth-order valence-corrected chi connectivity index (χ4v) is 2.37. The molecule has 1 N–H and O–H groups in total. The van der Waals surface area contributed by atoms with Gasteiger partial charge in [0.2, 0.25) is 5.91 Å². The maximum absolute atomic E-state index is 11.8. The average molecular weight is 281 g/mol. The summed E-state index contributed by atoms with van der Waals surface area (Å²) in [5, 5.41) is 3.27. The highest BCUT2D eigenvalue weighted by Gasteiger charge is 2.19. The molecule has 0 aliphatic carbocycles. The number of carbonyl (C=O) groups excluding carboxylic acids is 2. The third-order valence-corrected chi connectivity index (χ3v) is 3.51. The molecule has 1 aliphatic rings. The Labute approximate surface area is 117 Å². The monoisotopic (exact) mass is 280 g/mol. The molecule has 0 saturated carbocycles. The zero-order valence-corrected chi connectivity index (χ0v) is 11.4. The second kappa shape index (κ2) is 6.57. The highest BCUT2D eigenvalue weighted by Crippen LogP contribution is 2.14. The minimum absolute atomic E-state index is 0.168. The zero-order chi connectivity index (χ0) is 13.7. The van der Waals surface area contributed by atoms with Gasteiger partial charge in [0, 0.05) is 26.1 Å². The van der Waals surface area contributed by atoms with Crippen molar-refractivity contribution >= 4 is 23.4 Å². The molecule has 5 heteroatoms. The summed E-state index contributed by atoms with van der Waals surface area (Å²) in [6, 6.07) is 6.96. The lowest BCUT2D eigenvalue weighted by Crippen LogP contribution is -2.30. The summed E-state index contributed by atoms with van der Waals surface area (Å²) in [5.41, 5.74) is 0.487. The van der Waals surface area contributed by atoms with E-state index in [2.05, 4.69) is 5.32 Å². The predicted molar refractivity (Wildman–Crippen MR) is 74.2 cm³/mol. The van der Waals surface area contributed by atoms with Crippen molar-refractivity contribution < 1.29 is 9.59 Å². The largest absolute Gasteiger partial charge is 0.352 e. The minimum atomic E-state index is -0.168. The lowest BCUT2D eigenvalue weighted by Gasteiger charge is -2.15. The molecule has 0 radical (unpaired) electrons. The van der Waals surface area contributed by atoms with E-state index in [9.17, 15) is 9.59 Å². The van der Waals surface area contributed by atoms with Crippen LogP contribution in [-0.4, -0.2) is 36.3 Å². The third-order valence-electron chi connectivity index (χ3n) is 3.18. The second-order valence-electron chi connectivity index (χ2n) is 4.57. The van der Waals surface area contributed by atoms with Gasteiger partial charge >= 0.3 is 0 Å². The van der Waals surface area contributed by atoms with Crippen LogP contribution in [0.3, 0.4) is 0 Å². The fraction of sp³-hybridized carbons (Fsp3) is 0.429. The number of nitrogens with one attached hydrogen (secondary N) is 1. The fourth-order valence-electron chi connectivity index (χ4n) is 2.15. The molecule has 19 heavy (non-hydrogen) atoms. The highest BCUT2D eigenvalue weighted by molar-refractivity contribution is 6.33. The van der Waals surface area contributed by atoms with Gasteiger partial charge in [-0.2, -0.15) is 0 Å². The Bertz CT molecular complexity index is 476. The molecule has 1 aromatic carbocycles. The first-order chi connectivity index (χ1) is 9.18. The average Bonchev–Trinajstić information content (AvgIpc) is 2.80. The molecule has 1 aromatic rings. The molecule has 2 amide bonds. The molecule has 1 fully saturated rings. The SMILES string of the molecule is O=C(NCCCN1CCCC1=O)c1ccccc1Cl. The van der Waals surface area contributed by atoms with Gasteiger partial charge in [-0.15, -0.1) is 0 Å². The van der Waals surface area contributed by atoms with Crippen molar-refractivity contribution in [1.82, 2.24) is 10.2 Å². The van der Waals surface area contributed by atoms with E-state index < -0.39 is 0 Å². The van der Waals surface area contributed by atoms with E-state index in [1.54, 1.807) is 24.3 Å². The minimum Gasteiger partial charge on any atom is -0.352 e. The maximum atomic E-state index is 11.8. The van der Waals surface area contributed by atoms with Crippen LogP contribution in [0.15, 0.2) is 24.3 Å². The smallest absolute Gasteiger partial charge is 0.252 e. The summed E-state index contributed by atoms with van der Waals surface area (Å²) >= 11 is 5.94. The van der Waals surface area contributed by atoms with Crippen molar-refractivity contribution in [3.8, 4) is 0 Å². The lowest BCUT2D eigenvalue weighted by atomic mass is 10.2. The van der Waals surface area contributed by atoms with Crippen LogP contribution in [-0.2, 0) is 4.79 Å². The van der Waals surface area contributed by atoms with Crippen LogP contribution in [0.1, 0.15) is 29.6 Å². The summed E-state index contributed by atoms with van der Waals surface area (Å²) in [7, 11) is 0. The summed E-state index contributed by atoms with van der Waals surface area (Å²) in [6.07, 6.45) is 2.37. The Kier molecular flexibility index (Phi) is 4.80. The summed E-state index contributed by atoms with van der Waals surface area (Å²) in [4.78, 5) is 25.1. The van der Waals surface area contributed by atoms with E-state index in [1.165, 1.54) is 0 Å². The molecule has 4 nitrogen and oxygen atoms in total. The number of halogens is 1. The molecule has 0 unspecified atom stereocenters. The molecule has 2 rings (SSSR count). The molecule has 102 valence electrons. The third kappa shape index (κ3) is 3.70. The number of likely N-dealkylation sites (tertiary alicyclic amines) is 1. The van der Waals surface area contributed by atoms with Gasteiger partial charge in [0.1, 0.15) is 0 Å². The van der Waals surface area contributed by atoms with Gasteiger partial charge in [0.15, 0.2) is 0 Å². The first-order valence-corrected chi connectivity index (χ1v) is 6.87. The number of amides is 2. The second-order valence-corrected chi connectivity index (χ2v) is 4.98. The molecule has 0 aromatic heterocycles. The van der Waals surface area contributed by atoms with Gasteiger partial charge in [-0.3, -0.25) is 9.59 Å². The van der Waals surface area contributed by atoms with Gasteiger partial charge < -0.3 is 10.2 Å². The zero-order valence-electron chi connectivity index (χ0n) is 10.7. The normalized spacial score (nSPS) is 14.8. The van der Waals surface area contributed by atoms with Gasteiger partial charge in [-0.25, -0.2) is 0 Å². The van der Waals surface area contributed by atoms with Crippen LogP contribution in [0.5, 0.6) is 0 Å². The van der Waals surface area contributed by atoms with Gasteiger partial charge in [-0.1, -0.05) is 23.7 Å². The standard InChI is InChI=1S/C14H17ClN2O2/c15-12-6-2-1-5-11(12)14(19)16-8-4-10-17-9-3-7-13(17)18/h1-2,5-6H,3-4,7-10H2,(H,16,19). The first-order valence-electron chi connectivity index (χ1n) is 6.49. The number of nitrogens with zero attached hydrogens (tertiary/aromatic N) is 1. The summed E-state index contributed by atoms with van der Waals surface area (Å²) < 4.78 is 0. The molecule has 1 aliphatic heterocycles. The number of benzene rings is 1. The van der Waals surface area contributed by atoms with Crippen LogP contribution >= 0.6 is 11.6 Å². The first kappa shape index (κ1) is 13.9. The summed E-state index contributed by atoms with van der Waals surface area (Å²) in [6.45, 7) is 2.10. The quantitative estimate of drug-likeness (QED) is 0.840. The van der Waals surface area contributed by atoms with Gasteiger partial charge in [-0.05, 0) is 25.0 Å². The Hall–Kier alpha value is -1.55. The number of rotatable bonds is 5. The number of hydrogen-bond donors (Lipinski definition) is 1. The van der Waals surface area contributed by atoms with Crippen molar-refractivity contribution in [2.75, 3.05) is 19.6 Å². The van der Waals surface area contributed by atoms with Crippen LogP contribution in [0.25, 0.3) is 0 Å². The van der Waals surface area contributed by atoms with E-state index in [-0.39, 0.29) is 11.8 Å². The lowest BCUT2D eigenvalue weighted by molar-refractivity contribution is -0.127. The molecular formula is C14H17ClN2O2. The van der Waals surface area contributed by atoms with Crippen LogP contribution in [0, 0.1) is 0 Å². The van der Waals surface area contributed by atoms with E-state index in [4.69, 9.17) is 11.6 Å². The van der Waals surface area contributed by atoms with E-state index in [0.717, 1.165) is 19.4 Å². The van der Waals surface area contributed by atoms with Crippen molar-refractivity contribution in [2.45, 2.75) is 19.3 Å². The topological polar surface area (TPSA) is 49.4 Å². The van der Waals surface area contributed by atoms with Crippen molar-refractivity contribution in [1.29, 1.82) is 0 Å².